The minimum atomic E-state index is -0.351. The van der Waals surface area contributed by atoms with Crippen molar-refractivity contribution in [2.45, 2.75) is 115 Å². The van der Waals surface area contributed by atoms with E-state index in [1.807, 2.05) is 49.0 Å². The third kappa shape index (κ3) is 14.8. The first-order valence-electron chi connectivity index (χ1n) is 17.9. The fourth-order valence-electron chi connectivity index (χ4n) is 6.03. The number of rotatable bonds is 21. The number of ketones is 1. The summed E-state index contributed by atoms with van der Waals surface area (Å²) >= 11 is 1.95. The number of piperazine rings is 1. The monoisotopic (exact) mass is 650 g/mol. The molecule has 3 unspecified atom stereocenters. The molecule has 0 radical (unpaired) electrons. The van der Waals surface area contributed by atoms with E-state index in [0.29, 0.717) is 12.2 Å². The summed E-state index contributed by atoms with van der Waals surface area (Å²) in [6, 6.07) is 16.0. The number of unbranched alkanes of at least 4 members (excludes halogenated alkanes) is 1. The predicted octanol–water partition coefficient (Wildman–Crippen LogP) is 9.59. The van der Waals surface area contributed by atoms with E-state index in [2.05, 4.69) is 68.7 Å². The van der Waals surface area contributed by atoms with Gasteiger partial charge >= 0.3 is 0 Å². The zero-order valence-electron chi connectivity index (χ0n) is 29.7. The largest absolute Gasteiger partial charge is 0.494 e. The molecule has 0 amide bonds. The maximum Gasteiger partial charge on any atom is 0.185 e. The first kappa shape index (κ1) is 38.3. The van der Waals surface area contributed by atoms with E-state index in [-0.39, 0.29) is 16.8 Å². The fourth-order valence-corrected chi connectivity index (χ4v) is 7.18. The average Bonchev–Trinajstić information content (AvgIpc) is 3.04. The minimum Gasteiger partial charge on any atom is -0.494 e. The smallest absolute Gasteiger partial charge is 0.185 e. The molecular weight excluding hydrogens is 589 g/mol. The highest BCUT2D eigenvalue weighted by atomic mass is 32.2. The Kier molecular flexibility index (Phi) is 16.9. The predicted molar refractivity (Wildman–Crippen MR) is 197 cm³/mol. The van der Waals surface area contributed by atoms with Crippen LogP contribution < -0.4 is 4.74 Å². The lowest BCUT2D eigenvalue weighted by molar-refractivity contribution is -0.0130. The van der Waals surface area contributed by atoms with Gasteiger partial charge in [-0.3, -0.25) is 9.69 Å². The van der Waals surface area contributed by atoms with Gasteiger partial charge in [-0.15, -0.1) is 11.8 Å². The van der Waals surface area contributed by atoms with E-state index in [1.54, 1.807) is 6.08 Å². The van der Waals surface area contributed by atoms with Crippen LogP contribution in [-0.4, -0.2) is 71.0 Å². The Morgan fingerprint density at radius 3 is 2.20 bits per heavy atom. The molecule has 0 aliphatic carbocycles. The minimum absolute atomic E-state index is 0.00377. The molecule has 46 heavy (non-hydrogen) atoms. The maximum atomic E-state index is 12.8. The lowest BCUT2D eigenvalue weighted by atomic mass is 9.93. The quantitative estimate of drug-likeness (QED) is 0.0629. The molecule has 0 aromatic heterocycles. The number of carbonyl (C=O) groups is 1. The van der Waals surface area contributed by atoms with Gasteiger partial charge in [-0.25, -0.2) is 0 Å². The van der Waals surface area contributed by atoms with Gasteiger partial charge in [0.2, 0.25) is 0 Å². The second kappa shape index (κ2) is 20.3. The molecule has 3 atom stereocenters. The van der Waals surface area contributed by atoms with Crippen molar-refractivity contribution in [3.05, 3.63) is 65.7 Å². The molecular formula is C40H62N2O3S. The van der Waals surface area contributed by atoms with E-state index < -0.39 is 0 Å². The first-order valence-corrected chi connectivity index (χ1v) is 18.7. The van der Waals surface area contributed by atoms with E-state index in [1.165, 1.54) is 49.8 Å². The molecule has 0 saturated carbocycles. The van der Waals surface area contributed by atoms with Gasteiger partial charge in [-0.2, -0.15) is 0 Å². The molecule has 0 spiro atoms. The van der Waals surface area contributed by atoms with Crippen LogP contribution in [0.1, 0.15) is 115 Å². The number of allylic oxidation sites excluding steroid dienone is 1. The number of aliphatic hydroxyl groups excluding tert-OH is 1. The maximum absolute atomic E-state index is 12.8. The third-order valence-corrected chi connectivity index (χ3v) is 10.7. The van der Waals surface area contributed by atoms with Crippen molar-refractivity contribution in [2.75, 3.05) is 39.3 Å². The van der Waals surface area contributed by atoms with E-state index in [0.717, 1.165) is 68.7 Å². The van der Waals surface area contributed by atoms with Gasteiger partial charge in [0, 0.05) is 41.4 Å². The molecule has 3 rings (SSSR count). The number of benzene rings is 2. The van der Waals surface area contributed by atoms with Gasteiger partial charge in [0.15, 0.2) is 5.78 Å². The van der Waals surface area contributed by atoms with Crippen LogP contribution in [0.5, 0.6) is 5.75 Å². The summed E-state index contributed by atoms with van der Waals surface area (Å²) in [5.74, 6) is 2.48. The zero-order chi connectivity index (χ0) is 33.4. The van der Waals surface area contributed by atoms with Crippen molar-refractivity contribution in [1.82, 2.24) is 9.80 Å². The standard InChI is InChI=1S/C40H62N2O3S/c1-7-32(2)12-10-13-33(3)14-11-25-40(5,6)46-38-22-15-35(16-23-38)17-24-39(44)36-18-20-37(21-19-36)45-31-9-8-26-41-27-29-42(30-28-41)34(4)43/h15-24,32-34,43H,7-14,25-31H2,1-6H3/b24-17+. The molecule has 5 nitrogen and oxygen atoms in total. The van der Waals surface area contributed by atoms with Crippen LogP contribution >= 0.6 is 11.8 Å². The van der Waals surface area contributed by atoms with Gasteiger partial charge in [0.25, 0.3) is 0 Å². The molecule has 1 heterocycles. The van der Waals surface area contributed by atoms with Gasteiger partial charge in [0.1, 0.15) is 12.0 Å². The molecule has 1 N–H and O–H groups in total. The number of thioether (sulfide) groups is 1. The van der Waals surface area contributed by atoms with Gasteiger partial charge in [0.05, 0.1) is 6.61 Å². The highest BCUT2D eigenvalue weighted by Crippen LogP contribution is 2.37. The molecule has 1 saturated heterocycles. The number of ether oxygens (including phenoxy) is 1. The summed E-state index contributed by atoms with van der Waals surface area (Å²) in [6.07, 6.45) is 14.5. The second-order valence-electron chi connectivity index (χ2n) is 14.2. The SMILES string of the molecule is CCC(C)CCCC(C)CCCC(C)(C)Sc1ccc(/C=C/C(=O)c2ccc(OCCCCN3CCN(C(C)O)CC3)cc2)cc1. The van der Waals surface area contributed by atoms with Crippen molar-refractivity contribution in [1.29, 1.82) is 0 Å². The summed E-state index contributed by atoms with van der Waals surface area (Å²) in [6.45, 7) is 19.3. The van der Waals surface area contributed by atoms with E-state index >= 15 is 0 Å². The summed E-state index contributed by atoms with van der Waals surface area (Å²) in [5, 5.41) is 9.70. The molecule has 0 bridgehead atoms. The Morgan fingerprint density at radius 1 is 0.891 bits per heavy atom. The summed E-state index contributed by atoms with van der Waals surface area (Å²) < 4.78 is 6.12. The molecule has 2 aromatic rings. The summed E-state index contributed by atoms with van der Waals surface area (Å²) in [5.41, 5.74) is 1.70. The fraction of sp³-hybridized carbons (Fsp3) is 0.625. The molecule has 1 aliphatic rings. The lowest BCUT2D eigenvalue weighted by Crippen LogP contribution is -2.49. The first-order chi connectivity index (χ1) is 22.0. The van der Waals surface area contributed by atoms with Crippen LogP contribution in [0.2, 0.25) is 0 Å². The molecule has 1 fully saturated rings. The van der Waals surface area contributed by atoms with Crippen molar-refractivity contribution < 1.29 is 14.6 Å². The van der Waals surface area contributed by atoms with Crippen molar-refractivity contribution in [3.8, 4) is 5.75 Å². The van der Waals surface area contributed by atoms with Crippen molar-refractivity contribution in [2.24, 2.45) is 11.8 Å². The molecule has 1 aliphatic heterocycles. The van der Waals surface area contributed by atoms with Gasteiger partial charge in [-0.05, 0) is 92.6 Å². The number of carbonyl (C=O) groups excluding carboxylic acids is 1. The summed E-state index contributed by atoms with van der Waals surface area (Å²) in [4.78, 5) is 18.6. The van der Waals surface area contributed by atoms with Crippen LogP contribution in [0.4, 0.5) is 0 Å². The van der Waals surface area contributed by atoms with Gasteiger partial charge in [-0.1, -0.05) is 91.4 Å². The highest BCUT2D eigenvalue weighted by molar-refractivity contribution is 8.00. The lowest BCUT2D eigenvalue weighted by Gasteiger charge is -2.36. The summed E-state index contributed by atoms with van der Waals surface area (Å²) in [7, 11) is 0. The number of hydrogen-bond donors (Lipinski definition) is 1. The molecule has 2 aromatic carbocycles. The molecule has 6 heteroatoms. The third-order valence-electron chi connectivity index (χ3n) is 9.48. The molecule has 256 valence electrons. The number of nitrogens with zero attached hydrogens (tertiary/aromatic N) is 2. The average molecular weight is 651 g/mol. The van der Waals surface area contributed by atoms with Crippen molar-refractivity contribution in [3.63, 3.8) is 0 Å². The number of hydrogen-bond acceptors (Lipinski definition) is 6. The van der Waals surface area contributed by atoms with Gasteiger partial charge < -0.3 is 14.7 Å². The Bertz CT molecular complexity index is 1150. The Balaban J connectivity index is 1.32. The highest BCUT2D eigenvalue weighted by Gasteiger charge is 2.20. The number of aliphatic hydroxyl groups is 1. The Labute approximate surface area is 285 Å². The van der Waals surface area contributed by atoms with E-state index in [9.17, 15) is 9.90 Å². The second-order valence-corrected chi connectivity index (χ2v) is 15.9. The zero-order valence-corrected chi connectivity index (χ0v) is 30.5. The Hall–Kier alpha value is -2.12. The van der Waals surface area contributed by atoms with E-state index in [4.69, 9.17) is 4.74 Å². The van der Waals surface area contributed by atoms with Crippen LogP contribution in [0.25, 0.3) is 6.08 Å². The Morgan fingerprint density at radius 2 is 1.54 bits per heavy atom. The van der Waals surface area contributed by atoms with Crippen molar-refractivity contribution >= 4 is 23.6 Å². The van der Waals surface area contributed by atoms with Crippen LogP contribution in [0.15, 0.2) is 59.5 Å². The van der Waals surface area contributed by atoms with Crippen LogP contribution in [0.3, 0.4) is 0 Å². The normalized spacial score (nSPS) is 16.8. The topological polar surface area (TPSA) is 53.0 Å². The van der Waals surface area contributed by atoms with Crippen LogP contribution in [0, 0.1) is 11.8 Å². The van der Waals surface area contributed by atoms with Crippen LogP contribution in [-0.2, 0) is 0 Å².